The molecule has 0 unspecified atom stereocenters. The molecule has 1 aromatic carbocycles. The highest BCUT2D eigenvalue weighted by Gasteiger charge is 2.40. The number of hydrogen-bond donors (Lipinski definition) is 1. The Hall–Kier alpha value is -2.51. The fourth-order valence-corrected chi connectivity index (χ4v) is 4.73. The summed E-state index contributed by atoms with van der Waals surface area (Å²) in [4.78, 5) is 27.6. The molecule has 1 amide bonds. The molecule has 0 saturated carbocycles. The van der Waals surface area contributed by atoms with E-state index in [1.807, 2.05) is 16.7 Å². The molecule has 6 nitrogen and oxygen atoms in total. The molecule has 1 fully saturated rings. The third-order valence-electron chi connectivity index (χ3n) is 6.04. The van der Waals surface area contributed by atoms with Crippen molar-refractivity contribution in [1.82, 2.24) is 14.8 Å². The van der Waals surface area contributed by atoms with Crippen LogP contribution >= 0.6 is 0 Å². The minimum Gasteiger partial charge on any atom is -0.383 e. The number of aromatic nitrogens is 1. The third-order valence-corrected chi connectivity index (χ3v) is 6.04. The van der Waals surface area contributed by atoms with Crippen molar-refractivity contribution < 1.29 is 13.9 Å². The van der Waals surface area contributed by atoms with Crippen molar-refractivity contribution in [1.29, 1.82) is 0 Å². The summed E-state index contributed by atoms with van der Waals surface area (Å²) in [5.41, 5.74) is 1.28. The molecule has 2 bridgehead atoms. The average molecular weight is 399 g/mol. The van der Waals surface area contributed by atoms with Crippen LogP contribution in [-0.4, -0.2) is 55.3 Å². The molecule has 154 valence electrons. The molecular formula is C22H26FN3O3. The van der Waals surface area contributed by atoms with Crippen LogP contribution in [-0.2, 0) is 4.74 Å². The van der Waals surface area contributed by atoms with E-state index >= 15 is 0 Å². The Morgan fingerprint density at radius 2 is 2.07 bits per heavy atom. The molecule has 7 heteroatoms. The predicted octanol–water partition coefficient (Wildman–Crippen LogP) is 2.02. The maximum atomic E-state index is 13.4. The van der Waals surface area contributed by atoms with Crippen LogP contribution in [0.4, 0.5) is 4.39 Å². The molecule has 3 heterocycles. The first-order valence-corrected chi connectivity index (χ1v) is 10.0. The Morgan fingerprint density at radius 3 is 2.86 bits per heavy atom. The standard InChI is InChI=1S/C22H26FN3O3/c1-29-9-8-25-13-16-10-17(14-25)20(26-19(16)6-3-7-21(26)27)12-24-22(28)15-4-2-5-18(23)11-15/h2-7,11,16-17,20H,8-10,12-14H2,1H3,(H,24,28)/t16-,17+,20+/m1/s1. The second-order valence-electron chi connectivity index (χ2n) is 7.89. The Balaban J connectivity index is 1.57. The van der Waals surface area contributed by atoms with Crippen LogP contribution in [0.5, 0.6) is 0 Å². The van der Waals surface area contributed by atoms with Gasteiger partial charge in [0.25, 0.3) is 11.5 Å². The van der Waals surface area contributed by atoms with Crippen LogP contribution in [0.2, 0.25) is 0 Å². The third kappa shape index (κ3) is 4.11. The second kappa shape index (κ2) is 8.47. The van der Waals surface area contributed by atoms with E-state index in [0.717, 1.165) is 31.7 Å². The Kier molecular flexibility index (Phi) is 5.78. The maximum absolute atomic E-state index is 13.4. The highest BCUT2D eigenvalue weighted by molar-refractivity contribution is 5.94. The zero-order valence-electron chi connectivity index (χ0n) is 16.5. The number of piperidine rings is 1. The molecule has 4 rings (SSSR count). The number of carbonyl (C=O) groups is 1. The summed E-state index contributed by atoms with van der Waals surface area (Å²) in [7, 11) is 1.70. The van der Waals surface area contributed by atoms with E-state index in [4.69, 9.17) is 4.74 Å². The summed E-state index contributed by atoms with van der Waals surface area (Å²) in [6.07, 6.45) is 0.993. The molecule has 2 aromatic rings. The number of nitrogens with one attached hydrogen (secondary N) is 1. The first kappa shape index (κ1) is 19.8. The molecular weight excluding hydrogens is 373 g/mol. The summed E-state index contributed by atoms with van der Waals surface area (Å²) < 4.78 is 20.5. The van der Waals surface area contributed by atoms with Crippen molar-refractivity contribution in [3.8, 4) is 0 Å². The van der Waals surface area contributed by atoms with Crippen molar-refractivity contribution in [2.75, 3.05) is 39.9 Å². The molecule has 1 N–H and O–H groups in total. The summed E-state index contributed by atoms with van der Waals surface area (Å²) in [6.45, 7) is 3.62. The van der Waals surface area contributed by atoms with Gasteiger partial charge in [-0.3, -0.25) is 9.59 Å². The Labute approximate surface area is 169 Å². The quantitative estimate of drug-likeness (QED) is 0.807. The van der Waals surface area contributed by atoms with Gasteiger partial charge in [-0.2, -0.15) is 0 Å². The highest BCUT2D eigenvalue weighted by atomic mass is 19.1. The van der Waals surface area contributed by atoms with E-state index in [-0.39, 0.29) is 29.0 Å². The van der Waals surface area contributed by atoms with Gasteiger partial charge in [-0.25, -0.2) is 4.39 Å². The van der Waals surface area contributed by atoms with Crippen LogP contribution in [0, 0.1) is 11.7 Å². The number of ether oxygens (including phenoxy) is 1. The lowest BCUT2D eigenvalue weighted by Gasteiger charge is -2.47. The summed E-state index contributed by atoms with van der Waals surface area (Å²) in [5, 5.41) is 2.92. The number of pyridine rings is 1. The monoisotopic (exact) mass is 399 g/mol. The van der Waals surface area contributed by atoms with E-state index in [9.17, 15) is 14.0 Å². The van der Waals surface area contributed by atoms with Crippen molar-refractivity contribution in [2.24, 2.45) is 5.92 Å². The normalized spacial score (nSPS) is 23.4. The van der Waals surface area contributed by atoms with Gasteiger partial charge in [-0.1, -0.05) is 12.1 Å². The van der Waals surface area contributed by atoms with Crippen LogP contribution < -0.4 is 10.9 Å². The van der Waals surface area contributed by atoms with E-state index < -0.39 is 5.82 Å². The zero-order chi connectivity index (χ0) is 20.4. The van der Waals surface area contributed by atoms with Gasteiger partial charge in [0.2, 0.25) is 0 Å². The number of halogens is 1. The van der Waals surface area contributed by atoms with Crippen LogP contribution in [0.3, 0.4) is 0 Å². The van der Waals surface area contributed by atoms with Gasteiger partial charge in [0.15, 0.2) is 0 Å². The summed E-state index contributed by atoms with van der Waals surface area (Å²) >= 11 is 0. The lowest BCUT2D eigenvalue weighted by Crippen LogP contribution is -2.52. The van der Waals surface area contributed by atoms with Gasteiger partial charge in [0.05, 0.1) is 12.6 Å². The molecule has 3 atom stereocenters. The van der Waals surface area contributed by atoms with E-state index in [0.29, 0.717) is 19.1 Å². The molecule has 1 aromatic heterocycles. The van der Waals surface area contributed by atoms with E-state index in [1.165, 1.54) is 18.2 Å². The van der Waals surface area contributed by atoms with Crippen molar-refractivity contribution in [3.05, 3.63) is 69.9 Å². The van der Waals surface area contributed by atoms with Crippen molar-refractivity contribution >= 4 is 5.91 Å². The minimum absolute atomic E-state index is 0.0347. The van der Waals surface area contributed by atoms with E-state index in [2.05, 4.69) is 10.2 Å². The Morgan fingerprint density at radius 1 is 1.24 bits per heavy atom. The number of carbonyl (C=O) groups excluding carboxylic acids is 1. The molecule has 2 aliphatic rings. The zero-order valence-corrected chi connectivity index (χ0v) is 16.5. The first-order chi connectivity index (χ1) is 14.1. The topological polar surface area (TPSA) is 63.6 Å². The summed E-state index contributed by atoms with van der Waals surface area (Å²) in [6, 6.07) is 10.9. The van der Waals surface area contributed by atoms with Gasteiger partial charge in [0.1, 0.15) is 5.82 Å². The molecule has 0 radical (unpaired) electrons. The number of hydrogen-bond acceptors (Lipinski definition) is 4. The minimum atomic E-state index is -0.444. The molecule has 0 spiro atoms. The maximum Gasteiger partial charge on any atom is 0.251 e. The average Bonchev–Trinajstić information content (AvgIpc) is 2.72. The fraction of sp³-hybridized carbons (Fsp3) is 0.455. The number of nitrogens with zero attached hydrogens (tertiary/aromatic N) is 2. The first-order valence-electron chi connectivity index (χ1n) is 10.0. The number of rotatable bonds is 6. The van der Waals surface area contributed by atoms with Crippen LogP contribution in [0.15, 0.2) is 47.3 Å². The largest absolute Gasteiger partial charge is 0.383 e. The molecule has 29 heavy (non-hydrogen) atoms. The molecule has 0 aliphatic carbocycles. The fourth-order valence-electron chi connectivity index (χ4n) is 4.73. The number of benzene rings is 1. The van der Waals surface area contributed by atoms with Crippen molar-refractivity contribution in [2.45, 2.75) is 18.4 Å². The highest BCUT2D eigenvalue weighted by Crippen LogP contribution is 2.40. The summed E-state index contributed by atoms with van der Waals surface area (Å²) in [5.74, 6) is -0.217. The number of methoxy groups -OCH3 is 1. The predicted molar refractivity (Wildman–Crippen MR) is 108 cm³/mol. The molecule has 1 saturated heterocycles. The van der Waals surface area contributed by atoms with Crippen LogP contribution in [0.1, 0.15) is 34.4 Å². The molecule has 2 aliphatic heterocycles. The van der Waals surface area contributed by atoms with Gasteiger partial charge < -0.3 is 19.5 Å². The number of amides is 1. The smallest absolute Gasteiger partial charge is 0.251 e. The van der Waals surface area contributed by atoms with Gasteiger partial charge in [0, 0.05) is 56.5 Å². The lowest BCUT2D eigenvalue weighted by atomic mass is 9.78. The number of fused-ring (bicyclic) bond motifs is 4. The SMILES string of the molecule is COCCN1C[C@H]2C[C@@H](C1)[C@H](CNC(=O)c1cccc(F)c1)n1c2cccc1=O. The second-order valence-corrected chi connectivity index (χ2v) is 7.89. The Bertz CT molecular complexity index is 945. The van der Waals surface area contributed by atoms with Gasteiger partial charge in [-0.05, 0) is 36.6 Å². The lowest BCUT2D eigenvalue weighted by molar-refractivity contribution is 0.0651. The number of likely N-dealkylation sites (tertiary alicyclic amines) is 1. The van der Waals surface area contributed by atoms with Crippen molar-refractivity contribution in [3.63, 3.8) is 0 Å². The van der Waals surface area contributed by atoms with E-state index in [1.54, 1.807) is 19.2 Å². The van der Waals surface area contributed by atoms with Gasteiger partial charge >= 0.3 is 0 Å². The van der Waals surface area contributed by atoms with Crippen LogP contribution in [0.25, 0.3) is 0 Å². The van der Waals surface area contributed by atoms with Gasteiger partial charge in [-0.15, -0.1) is 0 Å².